The monoisotopic (exact) mass is 163 g/mol. The lowest BCUT2D eigenvalue weighted by molar-refractivity contribution is -0.140. The summed E-state index contributed by atoms with van der Waals surface area (Å²) in [6.07, 6.45) is 1.37. The first-order valence-electron chi connectivity index (χ1n) is 3.03. The van der Waals surface area contributed by atoms with Crippen LogP contribution in [0.25, 0.3) is 0 Å². The average Bonchev–Trinajstić information content (AvgIpc) is 2.13. The molecule has 0 atom stereocenters. The molecule has 3 nitrogen and oxygen atoms in total. The largest absolute Gasteiger partial charge is 0.283 e. The van der Waals surface area contributed by atoms with Crippen LogP contribution in [0.15, 0.2) is 0 Å². The predicted molar refractivity (Wildman–Crippen MR) is 38.9 cm³/mol. The smallest absolute Gasteiger partial charge is 0.229 e. The van der Waals surface area contributed by atoms with Crippen molar-refractivity contribution in [3.05, 3.63) is 0 Å². The van der Waals surface area contributed by atoms with Gasteiger partial charge in [-0.05, 0) is 6.42 Å². The van der Waals surface area contributed by atoms with Crippen molar-refractivity contribution in [1.29, 1.82) is 0 Å². The maximum absolute atomic E-state index is 10.7. The maximum atomic E-state index is 10.7. The lowest BCUT2D eigenvalue weighted by atomic mass is 10.4. The van der Waals surface area contributed by atoms with Crippen LogP contribution in [0.4, 0.5) is 0 Å². The van der Waals surface area contributed by atoms with Crippen molar-refractivity contribution >= 4 is 24.2 Å². The summed E-state index contributed by atoms with van der Waals surface area (Å²) in [6.45, 7) is 2.04. The highest BCUT2D eigenvalue weighted by molar-refractivity contribution is 5.95. The van der Waals surface area contributed by atoms with Gasteiger partial charge in [-0.15, -0.1) is 12.4 Å². The number of nitrogens with zero attached hydrogens (tertiary/aromatic N) is 1. The molecule has 0 aromatic rings. The molecule has 0 spiro atoms. The van der Waals surface area contributed by atoms with Crippen molar-refractivity contribution in [2.45, 2.75) is 19.8 Å². The average molecular weight is 164 g/mol. The molecule has 1 rings (SSSR count). The normalized spacial score (nSPS) is 16.9. The van der Waals surface area contributed by atoms with Gasteiger partial charge in [0.05, 0.1) is 0 Å². The van der Waals surface area contributed by atoms with Crippen LogP contribution in [0.1, 0.15) is 19.8 Å². The van der Waals surface area contributed by atoms with E-state index in [0.29, 0.717) is 13.0 Å². The lowest BCUT2D eigenvalue weighted by Crippen LogP contribution is -2.29. The summed E-state index contributed by atoms with van der Waals surface area (Å²) in [5.74, 6) is -0.153. The standard InChI is InChI=1S/C6H9NO2.ClH/c1-5(8)7-4-2-3-6(7)9;/h2-4H2,1H3;1H. The summed E-state index contributed by atoms with van der Waals surface area (Å²) in [7, 11) is 0. The SMILES string of the molecule is CC(=O)N1CCCC1=O.Cl. The molecule has 0 bridgehead atoms. The van der Waals surface area contributed by atoms with Crippen LogP contribution in [0.3, 0.4) is 0 Å². The number of amides is 2. The Morgan fingerprint density at radius 2 is 2.20 bits per heavy atom. The topological polar surface area (TPSA) is 37.4 Å². The minimum Gasteiger partial charge on any atom is -0.283 e. The van der Waals surface area contributed by atoms with Gasteiger partial charge < -0.3 is 0 Å². The van der Waals surface area contributed by atoms with Gasteiger partial charge in [-0.25, -0.2) is 0 Å². The Hall–Kier alpha value is -0.570. The lowest BCUT2D eigenvalue weighted by Gasteiger charge is -2.08. The summed E-state index contributed by atoms with van der Waals surface area (Å²) in [4.78, 5) is 22.6. The molecule has 2 amide bonds. The Labute approximate surface area is 65.8 Å². The number of likely N-dealkylation sites (tertiary alicyclic amines) is 1. The molecule has 4 heteroatoms. The highest BCUT2D eigenvalue weighted by Gasteiger charge is 2.22. The first-order valence-corrected chi connectivity index (χ1v) is 3.03. The molecule has 1 aliphatic heterocycles. The molecule has 58 valence electrons. The molecule has 10 heavy (non-hydrogen) atoms. The first kappa shape index (κ1) is 9.43. The molecule has 1 saturated heterocycles. The van der Waals surface area contributed by atoms with Gasteiger partial charge in [0.2, 0.25) is 11.8 Å². The molecule has 0 unspecified atom stereocenters. The molecule has 0 aliphatic carbocycles. The zero-order chi connectivity index (χ0) is 6.85. The summed E-state index contributed by atoms with van der Waals surface area (Å²) in [5, 5.41) is 0. The maximum Gasteiger partial charge on any atom is 0.229 e. The molecular weight excluding hydrogens is 154 g/mol. The van der Waals surface area contributed by atoms with Gasteiger partial charge in [0, 0.05) is 19.9 Å². The zero-order valence-corrected chi connectivity index (χ0v) is 6.61. The second-order valence-corrected chi connectivity index (χ2v) is 2.17. The molecule has 0 N–H and O–H groups in total. The number of rotatable bonds is 0. The number of imide groups is 1. The van der Waals surface area contributed by atoms with Gasteiger partial charge in [0.15, 0.2) is 0 Å². The summed E-state index contributed by atoms with van der Waals surface area (Å²) in [5.41, 5.74) is 0. The fraction of sp³-hybridized carbons (Fsp3) is 0.667. The van der Waals surface area contributed by atoms with Crippen molar-refractivity contribution in [1.82, 2.24) is 4.90 Å². The fourth-order valence-corrected chi connectivity index (χ4v) is 0.981. The van der Waals surface area contributed by atoms with Crippen LogP contribution in [0.2, 0.25) is 0 Å². The van der Waals surface area contributed by atoms with Gasteiger partial charge in [-0.3, -0.25) is 14.5 Å². The number of halogens is 1. The van der Waals surface area contributed by atoms with Crippen LogP contribution in [-0.2, 0) is 9.59 Å². The third-order valence-electron chi connectivity index (χ3n) is 1.45. The molecule has 0 aromatic heterocycles. The van der Waals surface area contributed by atoms with Crippen LogP contribution >= 0.6 is 12.4 Å². The number of carbonyl (C=O) groups excluding carboxylic acids is 2. The molecule has 1 heterocycles. The third-order valence-corrected chi connectivity index (χ3v) is 1.45. The van der Waals surface area contributed by atoms with E-state index in [1.807, 2.05) is 0 Å². The van der Waals surface area contributed by atoms with E-state index < -0.39 is 0 Å². The van der Waals surface area contributed by atoms with Crippen molar-refractivity contribution in [3.8, 4) is 0 Å². The Bertz CT molecular complexity index is 158. The van der Waals surface area contributed by atoms with Crippen LogP contribution in [0, 0.1) is 0 Å². The molecule has 1 aliphatic rings. The first-order chi connectivity index (χ1) is 4.22. The fourth-order valence-electron chi connectivity index (χ4n) is 0.981. The van der Waals surface area contributed by atoms with E-state index in [0.717, 1.165) is 6.42 Å². The van der Waals surface area contributed by atoms with E-state index in [1.54, 1.807) is 0 Å². The van der Waals surface area contributed by atoms with E-state index in [9.17, 15) is 9.59 Å². The minimum absolute atomic E-state index is 0. The van der Waals surface area contributed by atoms with Crippen LogP contribution in [0.5, 0.6) is 0 Å². The zero-order valence-electron chi connectivity index (χ0n) is 5.79. The van der Waals surface area contributed by atoms with Crippen LogP contribution < -0.4 is 0 Å². The predicted octanol–water partition coefficient (Wildman–Crippen LogP) is 0.577. The van der Waals surface area contributed by atoms with Gasteiger partial charge in [-0.1, -0.05) is 0 Å². The quantitative estimate of drug-likeness (QED) is 0.524. The third kappa shape index (κ3) is 1.70. The van der Waals surface area contributed by atoms with Crippen molar-refractivity contribution in [2.75, 3.05) is 6.54 Å². The number of hydrogen-bond donors (Lipinski definition) is 0. The number of carbonyl (C=O) groups is 2. The Kier molecular flexibility index (Phi) is 3.36. The molecule has 0 aromatic carbocycles. The van der Waals surface area contributed by atoms with E-state index >= 15 is 0 Å². The van der Waals surface area contributed by atoms with Crippen molar-refractivity contribution in [3.63, 3.8) is 0 Å². The van der Waals surface area contributed by atoms with Gasteiger partial charge in [0.1, 0.15) is 0 Å². The Morgan fingerprint density at radius 1 is 1.60 bits per heavy atom. The van der Waals surface area contributed by atoms with Gasteiger partial charge in [0.25, 0.3) is 0 Å². The second-order valence-electron chi connectivity index (χ2n) is 2.17. The highest BCUT2D eigenvalue weighted by atomic mass is 35.5. The molecular formula is C6H10ClNO2. The highest BCUT2D eigenvalue weighted by Crippen LogP contribution is 2.08. The summed E-state index contributed by atoms with van der Waals surface area (Å²) >= 11 is 0. The Morgan fingerprint density at radius 3 is 2.40 bits per heavy atom. The summed E-state index contributed by atoms with van der Waals surface area (Å²) in [6, 6.07) is 0. The van der Waals surface area contributed by atoms with Crippen LogP contribution in [-0.4, -0.2) is 23.3 Å². The molecule has 1 fully saturated rings. The van der Waals surface area contributed by atoms with E-state index in [2.05, 4.69) is 0 Å². The minimum atomic E-state index is -0.127. The van der Waals surface area contributed by atoms with E-state index in [4.69, 9.17) is 0 Å². The van der Waals surface area contributed by atoms with E-state index in [1.165, 1.54) is 11.8 Å². The van der Waals surface area contributed by atoms with E-state index in [-0.39, 0.29) is 24.2 Å². The van der Waals surface area contributed by atoms with Gasteiger partial charge in [-0.2, -0.15) is 0 Å². The second kappa shape index (κ2) is 3.56. The summed E-state index contributed by atoms with van der Waals surface area (Å²) < 4.78 is 0. The number of hydrogen-bond acceptors (Lipinski definition) is 2. The van der Waals surface area contributed by atoms with Crippen molar-refractivity contribution in [2.24, 2.45) is 0 Å². The Balaban J connectivity index is 0.000000810. The van der Waals surface area contributed by atoms with Crippen molar-refractivity contribution < 1.29 is 9.59 Å². The molecule has 0 radical (unpaired) electrons. The molecule has 0 saturated carbocycles. The van der Waals surface area contributed by atoms with Gasteiger partial charge >= 0.3 is 0 Å².